The van der Waals surface area contributed by atoms with Crippen LogP contribution in [0.5, 0.6) is 0 Å². The summed E-state index contributed by atoms with van der Waals surface area (Å²) >= 11 is 0. The van der Waals surface area contributed by atoms with E-state index >= 15 is 0 Å². The fraction of sp³-hybridized carbons (Fsp3) is 0. The van der Waals surface area contributed by atoms with Gasteiger partial charge in [0.2, 0.25) is 0 Å². The molecule has 0 saturated heterocycles. The molecule has 0 amide bonds. The van der Waals surface area contributed by atoms with Gasteiger partial charge in [0.25, 0.3) is 0 Å². The Morgan fingerprint density at radius 2 is 2.08 bits per heavy atom. The molecule has 0 fully saturated rings. The molecule has 0 saturated carbocycles. The summed E-state index contributed by atoms with van der Waals surface area (Å²) in [5.74, 6) is -0.110. The first-order valence-corrected chi connectivity index (χ1v) is 3.70. The van der Waals surface area contributed by atoms with Gasteiger partial charge in [-0.25, -0.2) is 4.39 Å². The van der Waals surface area contributed by atoms with Crippen LogP contribution in [-0.2, 0) is 0 Å². The zero-order valence-electron chi connectivity index (χ0n) is 6.68. The van der Waals surface area contributed by atoms with Gasteiger partial charge in [-0.2, -0.15) is 5.10 Å². The van der Waals surface area contributed by atoms with Crippen LogP contribution in [-0.4, -0.2) is 15.0 Å². The zero-order valence-corrected chi connectivity index (χ0v) is 6.68. The molecule has 2 aromatic rings. The van der Waals surface area contributed by atoms with Crippen molar-refractivity contribution in [1.29, 1.82) is 0 Å². The minimum Gasteiger partial charge on any atom is -0.381 e. The van der Waals surface area contributed by atoms with E-state index < -0.39 is 0 Å². The number of hydrogen-bond acceptors (Lipinski definition) is 3. The van der Waals surface area contributed by atoms with Crippen LogP contribution in [0.4, 0.5) is 10.2 Å². The van der Waals surface area contributed by atoms with Crippen molar-refractivity contribution >= 4 is 5.82 Å². The Balaban J connectivity index is 2.52. The maximum absolute atomic E-state index is 13.1. The van der Waals surface area contributed by atoms with Gasteiger partial charge in [0.05, 0.1) is 6.20 Å². The molecular weight excluding hydrogens is 171 g/mol. The summed E-state index contributed by atoms with van der Waals surface area (Å²) in [6, 6.07) is 6.23. The van der Waals surface area contributed by atoms with E-state index in [4.69, 9.17) is 5.73 Å². The first-order chi connectivity index (χ1) is 6.27. The standard InChI is InChI=1S/C8H7FN4/c9-6-3-1-2-4-7(6)13-11-5-8(10)12-13/h1-5H,(H2,10,12). The molecule has 0 aliphatic heterocycles. The fourth-order valence-electron chi connectivity index (χ4n) is 1.00. The molecule has 2 rings (SSSR count). The van der Waals surface area contributed by atoms with Crippen molar-refractivity contribution in [3.05, 3.63) is 36.3 Å². The van der Waals surface area contributed by atoms with E-state index in [0.717, 1.165) is 4.80 Å². The van der Waals surface area contributed by atoms with Gasteiger partial charge in [-0.15, -0.1) is 9.90 Å². The van der Waals surface area contributed by atoms with Gasteiger partial charge in [-0.3, -0.25) is 0 Å². The van der Waals surface area contributed by atoms with E-state index in [2.05, 4.69) is 10.2 Å². The lowest BCUT2D eigenvalue weighted by atomic mass is 10.3. The van der Waals surface area contributed by atoms with E-state index in [1.807, 2.05) is 0 Å². The lowest BCUT2D eigenvalue weighted by Gasteiger charge is -1.99. The topological polar surface area (TPSA) is 56.7 Å². The number of nitrogen functional groups attached to an aromatic ring is 1. The summed E-state index contributed by atoms with van der Waals surface area (Å²) < 4.78 is 13.1. The van der Waals surface area contributed by atoms with Crippen LogP contribution in [0.3, 0.4) is 0 Å². The van der Waals surface area contributed by atoms with E-state index in [1.165, 1.54) is 12.3 Å². The first-order valence-electron chi connectivity index (χ1n) is 3.70. The largest absolute Gasteiger partial charge is 0.381 e. The Morgan fingerprint density at radius 3 is 2.69 bits per heavy atom. The Bertz CT molecular complexity index is 424. The molecular formula is C8H7FN4. The second-order valence-electron chi connectivity index (χ2n) is 2.51. The second kappa shape index (κ2) is 2.85. The predicted molar refractivity (Wildman–Crippen MR) is 45.7 cm³/mol. The molecule has 0 unspecified atom stereocenters. The highest BCUT2D eigenvalue weighted by Crippen LogP contribution is 2.10. The summed E-state index contributed by atoms with van der Waals surface area (Å²) in [5, 5.41) is 7.57. The van der Waals surface area contributed by atoms with Crippen LogP contribution in [0, 0.1) is 5.82 Å². The molecule has 0 bridgehead atoms. The fourth-order valence-corrected chi connectivity index (χ4v) is 1.00. The van der Waals surface area contributed by atoms with Gasteiger partial charge >= 0.3 is 0 Å². The zero-order chi connectivity index (χ0) is 9.26. The van der Waals surface area contributed by atoms with Crippen molar-refractivity contribution in [1.82, 2.24) is 15.0 Å². The minimum atomic E-state index is -0.377. The molecule has 0 spiro atoms. The monoisotopic (exact) mass is 178 g/mol. The summed E-state index contributed by atoms with van der Waals surface area (Å²) in [6.45, 7) is 0. The Labute approximate surface area is 73.8 Å². The second-order valence-corrected chi connectivity index (χ2v) is 2.51. The van der Waals surface area contributed by atoms with Gasteiger partial charge in [0, 0.05) is 0 Å². The third kappa shape index (κ3) is 1.35. The average molecular weight is 178 g/mol. The number of hydrogen-bond donors (Lipinski definition) is 1. The van der Waals surface area contributed by atoms with Crippen LogP contribution < -0.4 is 5.73 Å². The van der Waals surface area contributed by atoms with Crippen molar-refractivity contribution in [2.24, 2.45) is 0 Å². The molecule has 0 aliphatic rings. The van der Waals surface area contributed by atoms with Crippen LogP contribution in [0.1, 0.15) is 0 Å². The number of nitrogens with two attached hydrogens (primary N) is 1. The van der Waals surface area contributed by atoms with Crippen molar-refractivity contribution in [3.8, 4) is 5.69 Å². The van der Waals surface area contributed by atoms with Crippen LogP contribution in [0.25, 0.3) is 5.69 Å². The summed E-state index contributed by atoms with van der Waals surface area (Å²) in [7, 11) is 0. The first kappa shape index (κ1) is 7.72. The Morgan fingerprint density at radius 1 is 1.31 bits per heavy atom. The average Bonchev–Trinajstić information content (AvgIpc) is 2.53. The Kier molecular flexibility index (Phi) is 1.70. The number of aromatic nitrogens is 3. The van der Waals surface area contributed by atoms with Crippen LogP contribution in [0.15, 0.2) is 30.5 Å². The molecule has 2 N–H and O–H groups in total. The quantitative estimate of drug-likeness (QED) is 0.708. The lowest BCUT2D eigenvalue weighted by molar-refractivity contribution is 0.597. The number of rotatable bonds is 1. The summed E-state index contributed by atoms with van der Waals surface area (Å²) in [5.41, 5.74) is 5.64. The molecule has 4 nitrogen and oxygen atoms in total. The van der Waals surface area contributed by atoms with E-state index in [9.17, 15) is 4.39 Å². The third-order valence-electron chi connectivity index (χ3n) is 1.58. The van der Waals surface area contributed by atoms with E-state index in [-0.39, 0.29) is 11.6 Å². The SMILES string of the molecule is Nc1cnn(-c2ccccc2F)n1. The maximum atomic E-state index is 13.1. The molecule has 1 heterocycles. The lowest BCUT2D eigenvalue weighted by Crippen LogP contribution is -2.01. The van der Waals surface area contributed by atoms with Crippen molar-refractivity contribution in [3.63, 3.8) is 0 Å². The molecule has 1 aromatic carbocycles. The van der Waals surface area contributed by atoms with Crippen LogP contribution >= 0.6 is 0 Å². The highest BCUT2D eigenvalue weighted by atomic mass is 19.1. The highest BCUT2D eigenvalue weighted by molar-refractivity contribution is 5.32. The van der Waals surface area contributed by atoms with E-state index in [1.54, 1.807) is 18.2 Å². The number of halogens is 1. The van der Waals surface area contributed by atoms with Crippen molar-refractivity contribution < 1.29 is 4.39 Å². The third-order valence-corrected chi connectivity index (χ3v) is 1.58. The van der Waals surface area contributed by atoms with Gasteiger partial charge in [0.1, 0.15) is 5.69 Å². The number of anilines is 1. The number of benzene rings is 1. The van der Waals surface area contributed by atoms with Gasteiger partial charge in [-0.05, 0) is 12.1 Å². The normalized spacial score (nSPS) is 10.2. The smallest absolute Gasteiger partial charge is 0.166 e. The number of nitrogens with zero attached hydrogens (tertiary/aromatic N) is 3. The predicted octanol–water partition coefficient (Wildman–Crippen LogP) is 0.989. The van der Waals surface area contributed by atoms with Crippen LogP contribution in [0.2, 0.25) is 0 Å². The maximum Gasteiger partial charge on any atom is 0.166 e. The number of para-hydroxylation sites is 1. The summed E-state index contributed by atoms with van der Waals surface area (Å²) in [6.07, 6.45) is 1.37. The molecule has 1 aromatic heterocycles. The van der Waals surface area contributed by atoms with Gasteiger partial charge in [0.15, 0.2) is 11.6 Å². The molecule has 0 atom stereocenters. The van der Waals surface area contributed by atoms with Gasteiger partial charge in [-0.1, -0.05) is 12.1 Å². The summed E-state index contributed by atoms with van der Waals surface area (Å²) in [4.78, 5) is 1.16. The minimum absolute atomic E-state index is 0.267. The van der Waals surface area contributed by atoms with Crippen molar-refractivity contribution in [2.45, 2.75) is 0 Å². The molecule has 13 heavy (non-hydrogen) atoms. The van der Waals surface area contributed by atoms with Gasteiger partial charge < -0.3 is 5.73 Å². The Hall–Kier alpha value is -1.91. The molecule has 0 radical (unpaired) electrons. The molecule has 5 heteroatoms. The molecule has 0 aliphatic carbocycles. The van der Waals surface area contributed by atoms with E-state index in [0.29, 0.717) is 5.69 Å². The highest BCUT2D eigenvalue weighted by Gasteiger charge is 2.04. The van der Waals surface area contributed by atoms with Crippen molar-refractivity contribution in [2.75, 3.05) is 5.73 Å². The molecule has 66 valence electrons.